The van der Waals surface area contributed by atoms with E-state index in [1.807, 2.05) is 50.4 Å². The molecular formula is C22H21ClN2O2. The van der Waals surface area contributed by atoms with Crippen LogP contribution in [0.1, 0.15) is 34.2 Å². The largest absolute Gasteiger partial charge is 0.462 e. The van der Waals surface area contributed by atoms with Crippen molar-refractivity contribution in [3.05, 3.63) is 82.1 Å². The number of rotatable bonds is 5. The Bertz CT molecular complexity index is 1010. The maximum Gasteiger partial charge on any atom is 0.338 e. The number of aryl methyl sites for hydroxylation is 1. The van der Waals surface area contributed by atoms with Crippen molar-refractivity contribution >= 4 is 29.5 Å². The van der Waals surface area contributed by atoms with Crippen molar-refractivity contribution in [2.75, 3.05) is 6.61 Å². The molecule has 1 aromatic heterocycles. The fourth-order valence-electron chi connectivity index (χ4n) is 3.00. The van der Waals surface area contributed by atoms with Gasteiger partial charge in [-0.25, -0.2) is 4.79 Å². The van der Waals surface area contributed by atoms with E-state index in [-0.39, 0.29) is 5.97 Å². The Kier molecular flexibility index (Phi) is 5.77. The van der Waals surface area contributed by atoms with Crippen molar-refractivity contribution in [1.29, 1.82) is 0 Å². The van der Waals surface area contributed by atoms with Gasteiger partial charge in [0.1, 0.15) is 0 Å². The predicted molar refractivity (Wildman–Crippen MR) is 110 cm³/mol. The van der Waals surface area contributed by atoms with Crippen molar-refractivity contribution in [1.82, 2.24) is 4.57 Å². The monoisotopic (exact) mass is 380 g/mol. The molecule has 138 valence electrons. The van der Waals surface area contributed by atoms with Crippen LogP contribution in [0.5, 0.6) is 0 Å². The van der Waals surface area contributed by atoms with E-state index in [1.54, 1.807) is 25.1 Å². The summed E-state index contributed by atoms with van der Waals surface area (Å²) in [5, 5.41) is 0.700. The molecule has 3 aromatic rings. The zero-order chi connectivity index (χ0) is 19.4. The summed E-state index contributed by atoms with van der Waals surface area (Å²) in [4.78, 5) is 16.4. The molecule has 0 aliphatic carbocycles. The zero-order valence-electron chi connectivity index (χ0n) is 15.6. The Balaban J connectivity index is 1.90. The van der Waals surface area contributed by atoms with Crippen LogP contribution in [0, 0.1) is 13.8 Å². The van der Waals surface area contributed by atoms with Crippen LogP contribution in [-0.4, -0.2) is 23.4 Å². The van der Waals surface area contributed by atoms with Gasteiger partial charge in [0.2, 0.25) is 0 Å². The highest BCUT2D eigenvalue weighted by molar-refractivity contribution is 6.30. The predicted octanol–water partition coefficient (Wildman–Crippen LogP) is 5.67. The molecule has 0 fully saturated rings. The smallest absolute Gasteiger partial charge is 0.338 e. The van der Waals surface area contributed by atoms with Crippen LogP contribution in [-0.2, 0) is 4.74 Å². The molecule has 0 aliphatic rings. The molecule has 0 radical (unpaired) electrons. The van der Waals surface area contributed by atoms with Gasteiger partial charge in [-0.15, -0.1) is 0 Å². The van der Waals surface area contributed by atoms with Crippen molar-refractivity contribution < 1.29 is 9.53 Å². The number of carbonyl (C=O) groups excluding carboxylic acids is 1. The van der Waals surface area contributed by atoms with Gasteiger partial charge in [-0.3, -0.25) is 4.99 Å². The summed E-state index contributed by atoms with van der Waals surface area (Å²) in [6.07, 6.45) is 1.81. The second-order valence-electron chi connectivity index (χ2n) is 6.17. The number of ether oxygens (including phenoxy) is 1. The van der Waals surface area contributed by atoms with E-state index in [1.165, 1.54) is 0 Å². The van der Waals surface area contributed by atoms with Crippen molar-refractivity contribution in [3.8, 4) is 5.69 Å². The summed E-state index contributed by atoms with van der Waals surface area (Å²) < 4.78 is 7.18. The maximum absolute atomic E-state index is 11.9. The fourth-order valence-corrected chi connectivity index (χ4v) is 3.19. The Morgan fingerprint density at radius 3 is 2.67 bits per heavy atom. The third kappa shape index (κ3) is 4.29. The number of nitrogens with zero attached hydrogens (tertiary/aromatic N) is 2. The number of halogens is 1. The number of hydrogen-bond acceptors (Lipinski definition) is 3. The van der Waals surface area contributed by atoms with Crippen LogP contribution in [0.4, 0.5) is 5.69 Å². The number of carbonyl (C=O) groups is 1. The van der Waals surface area contributed by atoms with Crippen LogP contribution < -0.4 is 0 Å². The molecule has 27 heavy (non-hydrogen) atoms. The van der Waals surface area contributed by atoms with E-state index in [2.05, 4.69) is 15.6 Å². The highest BCUT2D eigenvalue weighted by Crippen LogP contribution is 2.23. The number of esters is 1. The van der Waals surface area contributed by atoms with Crippen LogP contribution in [0.15, 0.2) is 59.6 Å². The molecule has 0 saturated heterocycles. The second kappa shape index (κ2) is 8.23. The lowest BCUT2D eigenvalue weighted by atomic mass is 10.2. The fraction of sp³-hybridized carbons (Fsp3) is 0.182. The molecule has 1 heterocycles. The second-order valence-corrected chi connectivity index (χ2v) is 6.61. The van der Waals surface area contributed by atoms with E-state index in [0.29, 0.717) is 22.9 Å². The molecule has 0 bridgehead atoms. The Morgan fingerprint density at radius 1 is 1.15 bits per heavy atom. The van der Waals surface area contributed by atoms with Gasteiger partial charge in [0.05, 0.1) is 17.9 Å². The highest BCUT2D eigenvalue weighted by Gasteiger charge is 2.10. The SMILES string of the molecule is CCOC(=O)c1cccc(N=Cc2cc(C)n(-c3cccc(Cl)c3)c2C)c1. The topological polar surface area (TPSA) is 43.6 Å². The van der Waals surface area contributed by atoms with Gasteiger partial charge in [-0.2, -0.15) is 0 Å². The molecule has 0 N–H and O–H groups in total. The molecule has 0 unspecified atom stereocenters. The van der Waals surface area contributed by atoms with Crippen LogP contribution >= 0.6 is 11.6 Å². The first kappa shape index (κ1) is 18.9. The van der Waals surface area contributed by atoms with Gasteiger partial charge in [0.15, 0.2) is 0 Å². The Hall–Kier alpha value is -2.85. The molecule has 0 atom stereocenters. The highest BCUT2D eigenvalue weighted by atomic mass is 35.5. The van der Waals surface area contributed by atoms with Gasteiger partial charge in [0.25, 0.3) is 0 Å². The summed E-state index contributed by atoms with van der Waals surface area (Å²) >= 11 is 6.13. The molecular weight excluding hydrogens is 360 g/mol. The quantitative estimate of drug-likeness (QED) is 0.422. The number of aromatic nitrogens is 1. The Morgan fingerprint density at radius 2 is 1.93 bits per heavy atom. The van der Waals surface area contributed by atoms with Crippen LogP contribution in [0.25, 0.3) is 5.69 Å². The van der Waals surface area contributed by atoms with Gasteiger partial charge >= 0.3 is 5.97 Å². The maximum atomic E-state index is 11.9. The lowest BCUT2D eigenvalue weighted by Gasteiger charge is -2.09. The van der Waals surface area contributed by atoms with Crippen molar-refractivity contribution in [3.63, 3.8) is 0 Å². The third-order valence-corrected chi connectivity index (χ3v) is 4.48. The lowest BCUT2D eigenvalue weighted by molar-refractivity contribution is 0.0526. The minimum atomic E-state index is -0.339. The summed E-state index contributed by atoms with van der Waals surface area (Å²) in [6.45, 7) is 6.23. The molecule has 3 rings (SSSR count). The summed E-state index contributed by atoms with van der Waals surface area (Å²) in [6, 6.07) is 16.9. The minimum absolute atomic E-state index is 0.339. The standard InChI is InChI=1S/C22H21ClN2O2/c1-4-27-22(26)17-7-5-9-20(12-17)24-14-18-11-15(2)25(16(18)3)21-10-6-8-19(23)13-21/h5-14H,4H2,1-3H3. The zero-order valence-corrected chi connectivity index (χ0v) is 16.3. The van der Waals surface area contributed by atoms with E-state index in [4.69, 9.17) is 16.3 Å². The molecule has 5 heteroatoms. The van der Waals surface area contributed by atoms with Crippen molar-refractivity contribution in [2.45, 2.75) is 20.8 Å². The van der Waals surface area contributed by atoms with Gasteiger partial charge < -0.3 is 9.30 Å². The van der Waals surface area contributed by atoms with E-state index in [0.717, 1.165) is 22.6 Å². The first-order valence-corrected chi connectivity index (χ1v) is 9.13. The molecule has 0 amide bonds. The first-order valence-electron chi connectivity index (χ1n) is 8.75. The average molecular weight is 381 g/mol. The molecule has 0 spiro atoms. The molecule has 0 aliphatic heterocycles. The van der Waals surface area contributed by atoms with E-state index in [9.17, 15) is 4.79 Å². The number of aliphatic imine (C=N–C) groups is 1. The van der Waals surface area contributed by atoms with E-state index < -0.39 is 0 Å². The third-order valence-electron chi connectivity index (χ3n) is 4.25. The van der Waals surface area contributed by atoms with Crippen LogP contribution in [0.3, 0.4) is 0 Å². The van der Waals surface area contributed by atoms with Gasteiger partial charge in [-0.05, 0) is 63.2 Å². The van der Waals surface area contributed by atoms with Gasteiger partial charge in [0, 0.05) is 33.9 Å². The number of hydrogen-bond donors (Lipinski definition) is 0. The molecule has 4 nitrogen and oxygen atoms in total. The summed E-state index contributed by atoms with van der Waals surface area (Å²) in [5.41, 5.74) is 5.39. The Labute approximate surface area is 164 Å². The first-order chi connectivity index (χ1) is 13.0. The lowest BCUT2D eigenvalue weighted by Crippen LogP contribution is -2.03. The average Bonchev–Trinajstić information content (AvgIpc) is 2.94. The summed E-state index contributed by atoms with van der Waals surface area (Å²) in [7, 11) is 0. The molecule has 2 aromatic carbocycles. The normalized spacial score (nSPS) is 11.1. The summed E-state index contributed by atoms with van der Waals surface area (Å²) in [5.74, 6) is -0.339. The molecule has 0 saturated carbocycles. The number of benzene rings is 2. The van der Waals surface area contributed by atoms with Gasteiger partial charge in [-0.1, -0.05) is 23.7 Å². The minimum Gasteiger partial charge on any atom is -0.462 e. The van der Waals surface area contributed by atoms with Crippen molar-refractivity contribution in [2.24, 2.45) is 4.99 Å². The van der Waals surface area contributed by atoms with Crippen LogP contribution in [0.2, 0.25) is 5.02 Å². The van der Waals surface area contributed by atoms with E-state index >= 15 is 0 Å².